The highest BCUT2D eigenvalue weighted by molar-refractivity contribution is 5.97. The summed E-state index contributed by atoms with van der Waals surface area (Å²) in [6.07, 6.45) is -3.87. The molecule has 1 N–H and O–H groups in total. The van der Waals surface area contributed by atoms with E-state index in [1.807, 2.05) is 6.92 Å². The Bertz CT molecular complexity index is 770. The molecule has 140 valence electrons. The third kappa shape index (κ3) is 5.30. The normalized spacial score (nSPS) is 12.1. The molecule has 0 bridgehead atoms. The Morgan fingerprint density at radius 1 is 1.31 bits per heavy atom. The van der Waals surface area contributed by atoms with Crippen molar-refractivity contribution in [1.82, 2.24) is 15.5 Å². The van der Waals surface area contributed by atoms with Gasteiger partial charge in [-0.05, 0) is 25.5 Å². The van der Waals surface area contributed by atoms with E-state index in [4.69, 9.17) is 4.84 Å². The predicted octanol–water partition coefficient (Wildman–Crippen LogP) is 3.29. The fourth-order valence-corrected chi connectivity index (χ4v) is 1.82. The number of carbonyl (C=O) groups is 1. The van der Waals surface area contributed by atoms with Crippen molar-refractivity contribution in [2.75, 3.05) is 13.2 Å². The van der Waals surface area contributed by atoms with E-state index < -0.39 is 12.1 Å². The van der Waals surface area contributed by atoms with Gasteiger partial charge in [-0.25, -0.2) is 0 Å². The molecule has 10 heteroatoms. The number of nitrogens with one attached hydrogen (secondary N) is 1. The maximum Gasteiger partial charge on any atom is 0.471 e. The molecule has 0 radical (unpaired) electrons. The summed E-state index contributed by atoms with van der Waals surface area (Å²) in [6.45, 7) is 4.38. The highest BCUT2D eigenvalue weighted by Crippen LogP contribution is 2.29. The van der Waals surface area contributed by atoms with Crippen LogP contribution in [0.25, 0.3) is 11.4 Å². The van der Waals surface area contributed by atoms with Gasteiger partial charge in [-0.2, -0.15) is 18.2 Å². The number of oxime groups is 1. The summed E-state index contributed by atoms with van der Waals surface area (Å²) >= 11 is 0. The molecule has 2 aromatic rings. The van der Waals surface area contributed by atoms with E-state index in [-0.39, 0.29) is 18.3 Å². The first-order valence-electron chi connectivity index (χ1n) is 7.76. The van der Waals surface area contributed by atoms with Gasteiger partial charge in [-0.1, -0.05) is 29.4 Å². The first-order valence-corrected chi connectivity index (χ1v) is 7.76. The van der Waals surface area contributed by atoms with Crippen molar-refractivity contribution in [2.24, 2.45) is 5.16 Å². The number of nitrogens with zero attached hydrogens (tertiary/aromatic N) is 3. The molecule has 2 rings (SSSR count). The molecule has 0 aliphatic rings. The summed E-state index contributed by atoms with van der Waals surface area (Å²) in [5, 5.41) is 9.79. The minimum atomic E-state index is -4.70. The second-order valence-corrected chi connectivity index (χ2v) is 5.34. The van der Waals surface area contributed by atoms with Crippen LogP contribution < -0.4 is 5.32 Å². The Labute approximate surface area is 147 Å². The Hall–Kier alpha value is -2.91. The van der Waals surface area contributed by atoms with Crippen molar-refractivity contribution in [2.45, 2.75) is 26.4 Å². The average Bonchev–Trinajstić information content (AvgIpc) is 3.10. The number of carbonyl (C=O) groups excluding carboxylic acids is 1. The highest BCUT2D eigenvalue weighted by Gasteiger charge is 2.38. The van der Waals surface area contributed by atoms with Crippen LogP contribution in [-0.2, 0) is 11.0 Å². The Kier molecular flexibility index (Phi) is 6.31. The van der Waals surface area contributed by atoms with Crippen LogP contribution in [0.1, 0.15) is 36.5 Å². The standard InChI is InChI=1S/C16H17F3N4O3/c1-3-8-25-22-10(2)9-20-14(24)12-6-4-11(5-7-12)13-21-15(26-23-13)16(17,18)19/h4-7H,3,8-9H2,1-2H3,(H,20,24). The zero-order valence-corrected chi connectivity index (χ0v) is 14.1. The molecule has 1 aromatic carbocycles. The summed E-state index contributed by atoms with van der Waals surface area (Å²) in [4.78, 5) is 20.4. The van der Waals surface area contributed by atoms with Gasteiger partial charge in [0.05, 0.1) is 12.3 Å². The van der Waals surface area contributed by atoms with Gasteiger partial charge in [-0.3, -0.25) is 4.79 Å². The highest BCUT2D eigenvalue weighted by atomic mass is 19.4. The lowest BCUT2D eigenvalue weighted by atomic mass is 10.1. The average molecular weight is 370 g/mol. The van der Waals surface area contributed by atoms with E-state index in [1.165, 1.54) is 24.3 Å². The SMILES string of the molecule is CCCON=C(C)CNC(=O)c1ccc(-c2noc(C(F)(F)F)n2)cc1. The first kappa shape index (κ1) is 19.4. The molecule has 1 heterocycles. The quantitative estimate of drug-likeness (QED) is 0.459. The summed E-state index contributed by atoms with van der Waals surface area (Å²) in [7, 11) is 0. The molecule has 0 aliphatic heterocycles. The number of rotatable bonds is 7. The molecule has 1 aromatic heterocycles. The van der Waals surface area contributed by atoms with Crippen LogP contribution in [0, 0.1) is 0 Å². The maximum absolute atomic E-state index is 12.5. The number of aromatic nitrogens is 2. The van der Waals surface area contributed by atoms with Crippen LogP contribution in [0.3, 0.4) is 0 Å². The Morgan fingerprint density at radius 2 is 2.00 bits per heavy atom. The number of benzene rings is 1. The molecule has 1 amide bonds. The van der Waals surface area contributed by atoms with Crippen molar-refractivity contribution < 1.29 is 27.3 Å². The number of hydrogen-bond acceptors (Lipinski definition) is 6. The maximum atomic E-state index is 12.5. The fourth-order valence-electron chi connectivity index (χ4n) is 1.82. The number of alkyl halides is 3. The predicted molar refractivity (Wildman–Crippen MR) is 86.4 cm³/mol. The van der Waals surface area contributed by atoms with Gasteiger partial charge in [-0.15, -0.1) is 0 Å². The van der Waals surface area contributed by atoms with E-state index >= 15 is 0 Å². The zero-order valence-electron chi connectivity index (χ0n) is 14.1. The van der Waals surface area contributed by atoms with Crippen molar-refractivity contribution in [3.05, 3.63) is 35.7 Å². The van der Waals surface area contributed by atoms with Crippen LogP contribution in [0.4, 0.5) is 13.2 Å². The zero-order chi connectivity index (χ0) is 19.2. The molecule has 0 spiro atoms. The van der Waals surface area contributed by atoms with E-state index in [2.05, 4.69) is 25.1 Å². The van der Waals surface area contributed by atoms with Gasteiger partial charge in [0.15, 0.2) is 0 Å². The molecular formula is C16H17F3N4O3. The largest absolute Gasteiger partial charge is 0.471 e. The van der Waals surface area contributed by atoms with Crippen LogP contribution in [0.15, 0.2) is 33.9 Å². The molecule has 0 unspecified atom stereocenters. The minimum Gasteiger partial charge on any atom is -0.396 e. The molecule has 0 saturated carbocycles. The molecule has 0 fully saturated rings. The van der Waals surface area contributed by atoms with Gasteiger partial charge in [0.1, 0.15) is 6.61 Å². The summed E-state index contributed by atoms with van der Waals surface area (Å²) < 4.78 is 41.6. The topological polar surface area (TPSA) is 89.6 Å². The molecule has 0 atom stereocenters. The molecule has 0 saturated heterocycles. The molecule has 26 heavy (non-hydrogen) atoms. The third-order valence-electron chi connectivity index (χ3n) is 3.09. The second kappa shape index (κ2) is 8.45. The van der Waals surface area contributed by atoms with Crippen LogP contribution in [0.5, 0.6) is 0 Å². The smallest absolute Gasteiger partial charge is 0.396 e. The summed E-state index contributed by atoms with van der Waals surface area (Å²) in [5.41, 5.74) is 1.23. The summed E-state index contributed by atoms with van der Waals surface area (Å²) in [5.74, 6) is -1.99. The lowest BCUT2D eigenvalue weighted by Gasteiger charge is -2.05. The van der Waals surface area contributed by atoms with Gasteiger partial charge in [0.2, 0.25) is 5.82 Å². The van der Waals surface area contributed by atoms with Crippen molar-refractivity contribution >= 4 is 11.6 Å². The first-order chi connectivity index (χ1) is 12.3. The molecule has 7 nitrogen and oxygen atoms in total. The number of amides is 1. The van der Waals surface area contributed by atoms with Gasteiger partial charge < -0.3 is 14.7 Å². The Morgan fingerprint density at radius 3 is 2.58 bits per heavy atom. The van der Waals surface area contributed by atoms with Crippen LogP contribution in [0.2, 0.25) is 0 Å². The monoisotopic (exact) mass is 370 g/mol. The second-order valence-electron chi connectivity index (χ2n) is 5.34. The minimum absolute atomic E-state index is 0.208. The fraction of sp³-hybridized carbons (Fsp3) is 0.375. The molecular weight excluding hydrogens is 353 g/mol. The number of halogens is 3. The van der Waals surface area contributed by atoms with E-state index in [0.717, 1.165) is 6.42 Å². The summed E-state index contributed by atoms with van der Waals surface area (Å²) in [6, 6.07) is 5.78. The van der Waals surface area contributed by atoms with Crippen molar-refractivity contribution in [3.8, 4) is 11.4 Å². The van der Waals surface area contributed by atoms with Crippen LogP contribution >= 0.6 is 0 Å². The van der Waals surface area contributed by atoms with Crippen molar-refractivity contribution in [1.29, 1.82) is 0 Å². The third-order valence-corrected chi connectivity index (χ3v) is 3.09. The van der Waals surface area contributed by atoms with E-state index in [9.17, 15) is 18.0 Å². The van der Waals surface area contributed by atoms with Crippen LogP contribution in [-0.4, -0.2) is 34.9 Å². The van der Waals surface area contributed by atoms with Gasteiger partial charge in [0, 0.05) is 11.1 Å². The van der Waals surface area contributed by atoms with Gasteiger partial charge in [0.25, 0.3) is 5.91 Å². The van der Waals surface area contributed by atoms with E-state index in [1.54, 1.807) is 6.92 Å². The lowest BCUT2D eigenvalue weighted by molar-refractivity contribution is -0.159. The lowest BCUT2D eigenvalue weighted by Crippen LogP contribution is -2.28. The van der Waals surface area contributed by atoms with Crippen molar-refractivity contribution in [3.63, 3.8) is 0 Å². The Balaban J connectivity index is 1.97. The number of hydrogen-bond donors (Lipinski definition) is 1. The van der Waals surface area contributed by atoms with E-state index in [0.29, 0.717) is 23.4 Å². The van der Waals surface area contributed by atoms with Gasteiger partial charge >= 0.3 is 12.1 Å². The molecule has 0 aliphatic carbocycles.